The Morgan fingerprint density at radius 2 is 2.14 bits per heavy atom. The molecule has 0 aliphatic carbocycles. The SMILES string of the molecule is CC(C)(C)OC(=O)N[C@@H]1CCN(CCc2c(Cl)cnc3ccc(Cl)cc23)C[C@@H]1O. The van der Waals surface area contributed by atoms with E-state index in [0.29, 0.717) is 23.0 Å². The highest BCUT2D eigenvalue weighted by molar-refractivity contribution is 6.33. The fraction of sp³-hybridized carbons (Fsp3) is 0.524. The van der Waals surface area contributed by atoms with Crippen molar-refractivity contribution in [3.05, 3.63) is 40.0 Å². The zero-order valence-corrected chi connectivity index (χ0v) is 18.4. The highest BCUT2D eigenvalue weighted by atomic mass is 35.5. The number of nitrogens with zero attached hydrogens (tertiary/aromatic N) is 2. The Morgan fingerprint density at radius 3 is 2.83 bits per heavy atom. The van der Waals surface area contributed by atoms with Crippen LogP contribution in [0.4, 0.5) is 4.79 Å². The van der Waals surface area contributed by atoms with Crippen LogP contribution in [0.3, 0.4) is 0 Å². The lowest BCUT2D eigenvalue weighted by Gasteiger charge is -2.36. The average molecular weight is 440 g/mol. The van der Waals surface area contributed by atoms with Crippen LogP contribution < -0.4 is 5.32 Å². The summed E-state index contributed by atoms with van der Waals surface area (Å²) in [5.74, 6) is 0. The minimum Gasteiger partial charge on any atom is -0.444 e. The van der Waals surface area contributed by atoms with Gasteiger partial charge in [-0.15, -0.1) is 0 Å². The molecule has 29 heavy (non-hydrogen) atoms. The summed E-state index contributed by atoms with van der Waals surface area (Å²) in [6.07, 6.45) is 1.88. The van der Waals surface area contributed by atoms with E-state index in [4.69, 9.17) is 27.9 Å². The van der Waals surface area contributed by atoms with E-state index < -0.39 is 17.8 Å². The molecule has 0 unspecified atom stereocenters. The predicted molar refractivity (Wildman–Crippen MR) is 116 cm³/mol. The first-order valence-electron chi connectivity index (χ1n) is 9.75. The number of likely N-dealkylation sites (tertiary alicyclic amines) is 1. The number of ether oxygens (including phenoxy) is 1. The first-order chi connectivity index (χ1) is 13.6. The van der Waals surface area contributed by atoms with Gasteiger partial charge in [-0.25, -0.2) is 4.79 Å². The zero-order valence-electron chi connectivity index (χ0n) is 16.9. The molecule has 8 heteroatoms. The van der Waals surface area contributed by atoms with Gasteiger partial charge in [0, 0.05) is 36.2 Å². The third kappa shape index (κ3) is 5.95. The van der Waals surface area contributed by atoms with E-state index in [-0.39, 0.29) is 6.04 Å². The highest BCUT2D eigenvalue weighted by Gasteiger charge is 2.30. The molecule has 2 heterocycles. The van der Waals surface area contributed by atoms with Gasteiger partial charge in [-0.1, -0.05) is 23.2 Å². The molecule has 1 aliphatic rings. The molecule has 3 rings (SSSR count). The molecule has 1 saturated heterocycles. The third-order valence-electron chi connectivity index (χ3n) is 4.94. The van der Waals surface area contributed by atoms with Gasteiger partial charge in [-0.3, -0.25) is 4.98 Å². The zero-order chi connectivity index (χ0) is 21.2. The van der Waals surface area contributed by atoms with E-state index in [1.54, 1.807) is 6.20 Å². The van der Waals surface area contributed by atoms with Gasteiger partial charge in [0.1, 0.15) is 5.60 Å². The quantitative estimate of drug-likeness (QED) is 0.751. The molecule has 6 nitrogen and oxygen atoms in total. The van der Waals surface area contributed by atoms with Crippen LogP contribution >= 0.6 is 23.2 Å². The van der Waals surface area contributed by atoms with Gasteiger partial charge in [-0.2, -0.15) is 0 Å². The largest absolute Gasteiger partial charge is 0.444 e. The Hall–Kier alpha value is -1.60. The molecule has 1 amide bonds. The van der Waals surface area contributed by atoms with Crippen molar-refractivity contribution in [2.24, 2.45) is 0 Å². The maximum atomic E-state index is 12.0. The van der Waals surface area contributed by atoms with Crippen LogP contribution in [-0.4, -0.2) is 58.5 Å². The fourth-order valence-electron chi connectivity index (χ4n) is 3.55. The molecule has 0 bridgehead atoms. The van der Waals surface area contributed by atoms with Crippen molar-refractivity contribution in [2.75, 3.05) is 19.6 Å². The third-order valence-corrected chi connectivity index (χ3v) is 5.50. The van der Waals surface area contributed by atoms with Crippen molar-refractivity contribution in [2.45, 2.75) is 51.4 Å². The predicted octanol–water partition coefficient (Wildman–Crippen LogP) is 4.04. The van der Waals surface area contributed by atoms with E-state index in [0.717, 1.165) is 36.0 Å². The number of piperidine rings is 1. The fourth-order valence-corrected chi connectivity index (χ4v) is 3.96. The van der Waals surface area contributed by atoms with Crippen molar-refractivity contribution >= 4 is 40.2 Å². The van der Waals surface area contributed by atoms with Gasteiger partial charge < -0.3 is 20.1 Å². The summed E-state index contributed by atoms with van der Waals surface area (Å²) in [4.78, 5) is 18.5. The molecule has 1 fully saturated rings. The number of alkyl carbamates (subject to hydrolysis) is 1. The summed E-state index contributed by atoms with van der Waals surface area (Å²) in [6.45, 7) is 7.41. The number of hydrogen-bond acceptors (Lipinski definition) is 5. The molecule has 158 valence electrons. The molecule has 1 aromatic heterocycles. The number of aromatic nitrogens is 1. The maximum Gasteiger partial charge on any atom is 0.407 e. The van der Waals surface area contributed by atoms with Crippen molar-refractivity contribution in [1.82, 2.24) is 15.2 Å². The number of rotatable bonds is 4. The highest BCUT2D eigenvalue weighted by Crippen LogP contribution is 2.27. The summed E-state index contributed by atoms with van der Waals surface area (Å²) in [5, 5.41) is 15.5. The van der Waals surface area contributed by atoms with Crippen LogP contribution in [-0.2, 0) is 11.2 Å². The molecule has 1 aliphatic heterocycles. The van der Waals surface area contributed by atoms with Crippen molar-refractivity contribution in [1.29, 1.82) is 0 Å². The van der Waals surface area contributed by atoms with Crippen LogP contribution in [0.2, 0.25) is 10.0 Å². The van der Waals surface area contributed by atoms with E-state index >= 15 is 0 Å². The normalized spacial score (nSPS) is 20.6. The summed E-state index contributed by atoms with van der Waals surface area (Å²) < 4.78 is 5.28. The number of aliphatic hydroxyl groups excluding tert-OH is 1. The standard InChI is InChI=1S/C21H27Cl2N3O3/c1-21(2,3)29-20(28)25-18-7-9-26(12-19(18)27)8-6-14-15-10-13(22)4-5-17(15)24-11-16(14)23/h4-5,10-11,18-19,27H,6-9,12H2,1-3H3,(H,25,28)/t18-,19+/m1/s1. The lowest BCUT2D eigenvalue weighted by molar-refractivity contribution is 0.0204. The van der Waals surface area contributed by atoms with E-state index in [1.165, 1.54) is 0 Å². The maximum absolute atomic E-state index is 12.0. The van der Waals surface area contributed by atoms with E-state index in [2.05, 4.69) is 15.2 Å². The Balaban J connectivity index is 1.59. The van der Waals surface area contributed by atoms with Crippen LogP contribution in [0.5, 0.6) is 0 Å². The summed E-state index contributed by atoms with van der Waals surface area (Å²) in [6, 6.07) is 5.27. The van der Waals surface area contributed by atoms with Crippen LogP contribution in [0.15, 0.2) is 24.4 Å². The minimum absolute atomic E-state index is 0.315. The number of benzene rings is 1. The molecule has 2 atom stereocenters. The number of aliphatic hydroxyl groups is 1. The molecule has 1 aromatic carbocycles. The van der Waals surface area contributed by atoms with Gasteiger partial charge in [0.2, 0.25) is 0 Å². The van der Waals surface area contributed by atoms with Gasteiger partial charge >= 0.3 is 6.09 Å². The van der Waals surface area contributed by atoms with E-state index in [9.17, 15) is 9.90 Å². The van der Waals surface area contributed by atoms with Crippen LogP contribution in [0.1, 0.15) is 32.8 Å². The Kier molecular flexibility index (Phi) is 6.89. The number of amides is 1. The minimum atomic E-state index is -0.657. The first kappa shape index (κ1) is 22.1. The molecule has 2 aromatic rings. The number of nitrogens with one attached hydrogen (secondary N) is 1. The summed E-state index contributed by atoms with van der Waals surface area (Å²) in [7, 11) is 0. The second-order valence-electron chi connectivity index (χ2n) is 8.41. The number of carbonyl (C=O) groups excluding carboxylic acids is 1. The Labute approximate surface area is 181 Å². The molecular formula is C21H27Cl2N3O3. The second kappa shape index (κ2) is 9.04. The number of carbonyl (C=O) groups is 1. The first-order valence-corrected chi connectivity index (χ1v) is 10.5. The Bertz CT molecular complexity index is 880. The Morgan fingerprint density at radius 1 is 1.38 bits per heavy atom. The van der Waals surface area contributed by atoms with Gasteiger partial charge in [0.25, 0.3) is 0 Å². The number of halogens is 2. The van der Waals surface area contributed by atoms with E-state index in [1.807, 2.05) is 39.0 Å². The van der Waals surface area contributed by atoms with Gasteiger partial charge in [-0.05, 0) is 57.4 Å². The average Bonchev–Trinajstić information content (AvgIpc) is 2.61. The van der Waals surface area contributed by atoms with Crippen LogP contribution in [0.25, 0.3) is 10.9 Å². The molecule has 0 spiro atoms. The number of hydrogen-bond donors (Lipinski definition) is 2. The van der Waals surface area contributed by atoms with Gasteiger partial charge in [0.15, 0.2) is 0 Å². The van der Waals surface area contributed by atoms with Crippen molar-refractivity contribution in [3.8, 4) is 0 Å². The van der Waals surface area contributed by atoms with Crippen molar-refractivity contribution < 1.29 is 14.6 Å². The lowest BCUT2D eigenvalue weighted by Crippen LogP contribution is -2.54. The number of fused-ring (bicyclic) bond motifs is 1. The van der Waals surface area contributed by atoms with Crippen LogP contribution in [0, 0.1) is 0 Å². The summed E-state index contributed by atoms with van der Waals surface area (Å²) in [5.41, 5.74) is 1.29. The monoisotopic (exact) mass is 439 g/mol. The number of pyridine rings is 1. The van der Waals surface area contributed by atoms with Crippen molar-refractivity contribution in [3.63, 3.8) is 0 Å². The summed E-state index contributed by atoms with van der Waals surface area (Å²) >= 11 is 12.5. The van der Waals surface area contributed by atoms with Gasteiger partial charge in [0.05, 0.1) is 22.7 Å². The molecule has 0 saturated carbocycles. The molecular weight excluding hydrogens is 413 g/mol. The number of β-amino-alcohol motifs (C(OH)–C–C–N with tert-alkyl or cyclic N) is 1. The smallest absolute Gasteiger partial charge is 0.407 e. The second-order valence-corrected chi connectivity index (χ2v) is 9.25. The molecule has 0 radical (unpaired) electrons. The lowest BCUT2D eigenvalue weighted by atomic mass is 10.0. The topological polar surface area (TPSA) is 74.7 Å². The molecule has 2 N–H and O–H groups in total.